The predicted octanol–water partition coefficient (Wildman–Crippen LogP) is 0.889. The van der Waals surface area contributed by atoms with Gasteiger partial charge in [0, 0.05) is 6.92 Å². The molecule has 0 saturated carbocycles. The average molecular weight is 282 g/mol. The summed E-state index contributed by atoms with van der Waals surface area (Å²) < 4.78 is 0.0426. The van der Waals surface area contributed by atoms with E-state index in [4.69, 9.17) is 9.90 Å². The molecule has 0 atom stereocenters. The molecule has 0 saturated heterocycles. The summed E-state index contributed by atoms with van der Waals surface area (Å²) in [7, 11) is 0. The summed E-state index contributed by atoms with van der Waals surface area (Å²) in [6.45, 7) is 6.14. The van der Waals surface area contributed by atoms with Crippen molar-refractivity contribution in [3.05, 3.63) is 0 Å². The van der Waals surface area contributed by atoms with Crippen LogP contribution >= 0.6 is 0 Å². The van der Waals surface area contributed by atoms with E-state index in [2.05, 4.69) is 0 Å². The van der Waals surface area contributed by atoms with Crippen LogP contribution in [0.4, 0.5) is 0 Å². The van der Waals surface area contributed by atoms with Crippen molar-refractivity contribution in [1.29, 1.82) is 0 Å². The van der Waals surface area contributed by atoms with Crippen molar-refractivity contribution in [3.63, 3.8) is 0 Å². The second-order valence-corrected chi connectivity index (χ2v) is 4.58. The van der Waals surface area contributed by atoms with Crippen LogP contribution in [0, 0.1) is 5.92 Å². The van der Waals surface area contributed by atoms with Crippen LogP contribution in [0.25, 0.3) is 0 Å². The van der Waals surface area contributed by atoms with Crippen molar-refractivity contribution in [2.24, 2.45) is 5.92 Å². The fourth-order valence-electron chi connectivity index (χ4n) is 0.192. The normalized spacial score (nSPS) is 9.00. The molecule has 0 aliphatic heterocycles. The third kappa shape index (κ3) is 18.5. The number of hydrogen-bond acceptors (Lipinski definition) is 3. The van der Waals surface area contributed by atoms with E-state index >= 15 is 0 Å². The molecule has 0 aliphatic rings. The fraction of sp³-hybridized carbons (Fsp3) is 0.625. The third-order valence-corrected chi connectivity index (χ3v) is 2.33. The number of carboxylic acid groups (broad SMARTS) is 1. The zero-order chi connectivity index (χ0) is 11.0. The molecule has 0 aliphatic carbocycles. The van der Waals surface area contributed by atoms with Crippen molar-refractivity contribution in [2.75, 3.05) is 0 Å². The van der Waals surface area contributed by atoms with Gasteiger partial charge in [0.2, 0.25) is 0 Å². The summed E-state index contributed by atoms with van der Waals surface area (Å²) in [4.78, 5) is 30.1. The van der Waals surface area contributed by atoms with Gasteiger partial charge < -0.3 is 5.11 Å². The monoisotopic (exact) mass is 281 g/mol. The molecule has 0 aromatic carbocycles. The Morgan fingerprint density at radius 1 is 1.15 bits per heavy atom. The third-order valence-electron chi connectivity index (χ3n) is 0.590. The van der Waals surface area contributed by atoms with Gasteiger partial charge in [-0.3, -0.25) is 4.79 Å². The quantitative estimate of drug-likeness (QED) is 0.780. The van der Waals surface area contributed by atoms with Gasteiger partial charge in [-0.2, -0.15) is 0 Å². The Bertz CT molecular complexity index is 194. The zero-order valence-electron chi connectivity index (χ0n) is 8.05. The van der Waals surface area contributed by atoms with E-state index in [0.717, 1.165) is 6.92 Å². The Kier molecular flexibility index (Phi) is 9.44. The summed E-state index contributed by atoms with van der Waals surface area (Å²) in [5, 5.41) is 7.42. The number of aliphatic carboxylic acids is 1. The molecule has 0 fully saturated rings. The van der Waals surface area contributed by atoms with E-state index in [1.54, 1.807) is 13.8 Å². The first-order valence-electron chi connectivity index (χ1n) is 3.58. The molecule has 0 radical (unpaired) electrons. The first-order chi connectivity index (χ1) is 5.77. The van der Waals surface area contributed by atoms with E-state index in [-0.39, 0.29) is 33.7 Å². The van der Waals surface area contributed by atoms with E-state index in [1.807, 2.05) is 0 Å². The van der Waals surface area contributed by atoms with Gasteiger partial charge in [0.15, 0.2) is 0 Å². The van der Waals surface area contributed by atoms with Gasteiger partial charge in [-0.05, 0) is 0 Å². The number of carbonyl (C=O) groups is 3. The summed E-state index contributed by atoms with van der Waals surface area (Å²) in [5.41, 5.74) is 0. The van der Waals surface area contributed by atoms with Crippen LogP contribution in [-0.4, -0.2) is 19.1 Å². The molecule has 0 heterocycles. The van der Waals surface area contributed by atoms with Crippen molar-refractivity contribution in [1.82, 2.24) is 0 Å². The molecule has 81 valence electrons. The summed E-state index contributed by atoms with van der Waals surface area (Å²) >= 11 is -0.153. The predicted molar refractivity (Wildman–Crippen MR) is 43.8 cm³/mol. The van der Waals surface area contributed by atoms with Crippen LogP contribution in [0.5, 0.6) is 0 Å². The molecule has 0 spiro atoms. The van der Waals surface area contributed by atoms with Gasteiger partial charge in [0.1, 0.15) is 0 Å². The van der Waals surface area contributed by atoms with Crippen LogP contribution in [0.2, 0.25) is 0 Å². The fourth-order valence-corrected chi connectivity index (χ4v) is 1.13. The minimum atomic E-state index is -0.833. The number of carbonyl (C=O) groups excluding carboxylic acids is 2. The van der Waals surface area contributed by atoms with Crippen molar-refractivity contribution < 1.29 is 39.2 Å². The molecule has 0 aromatic heterocycles. The van der Waals surface area contributed by atoms with E-state index < -0.39 is 5.97 Å². The maximum absolute atomic E-state index is 10.7. The molecule has 0 unspecified atom stereocenters. The summed E-state index contributed by atoms with van der Waals surface area (Å²) in [5.74, 6) is -0.826. The van der Waals surface area contributed by atoms with Gasteiger partial charge in [-0.1, -0.05) is 0 Å². The number of carboxylic acids is 1. The van der Waals surface area contributed by atoms with Crippen LogP contribution < -0.4 is 0 Å². The first kappa shape index (κ1) is 15.0. The van der Waals surface area contributed by atoms with Crippen molar-refractivity contribution >= 4 is 14.0 Å². The van der Waals surface area contributed by atoms with E-state index in [0.29, 0.717) is 0 Å². The second-order valence-electron chi connectivity index (χ2n) is 2.43. The topological polar surface area (TPSA) is 71.4 Å². The van der Waals surface area contributed by atoms with Gasteiger partial charge >= 0.3 is 64.0 Å². The SMILES string of the molecule is CC(=O)O.C[C](=O)[Ag][C](=O)C(C)C. The van der Waals surface area contributed by atoms with E-state index in [1.165, 1.54) is 6.92 Å². The minimum absolute atomic E-state index is 0.00769. The Balaban J connectivity index is 0. The van der Waals surface area contributed by atoms with Crippen LogP contribution in [0.3, 0.4) is 0 Å². The Labute approximate surface area is 87.0 Å². The van der Waals surface area contributed by atoms with Crippen LogP contribution in [0.1, 0.15) is 27.7 Å². The van der Waals surface area contributed by atoms with Gasteiger partial charge in [0.05, 0.1) is 0 Å². The number of rotatable bonds is 3. The molecular formula is C8H14AgO4. The Hall–Kier alpha value is -0.450. The summed E-state index contributed by atoms with van der Waals surface area (Å²) in [6, 6.07) is 0. The standard InChI is InChI=1S/C4H7O.C2H4O2.C2H3O.Ag/c1-4(2)3-5;1-2(3)4;1-2-3;/h4H,1-2H3;1H3,(H,3,4);1H3;. The van der Waals surface area contributed by atoms with Gasteiger partial charge in [-0.15, -0.1) is 0 Å². The Morgan fingerprint density at radius 3 is 1.54 bits per heavy atom. The molecule has 0 rings (SSSR count). The summed E-state index contributed by atoms with van der Waals surface area (Å²) in [6.07, 6.45) is 0. The number of hydrogen-bond donors (Lipinski definition) is 1. The van der Waals surface area contributed by atoms with Crippen molar-refractivity contribution in [3.8, 4) is 0 Å². The molecule has 0 amide bonds. The van der Waals surface area contributed by atoms with Crippen molar-refractivity contribution in [2.45, 2.75) is 27.7 Å². The Morgan fingerprint density at radius 2 is 1.46 bits per heavy atom. The van der Waals surface area contributed by atoms with Crippen LogP contribution in [-0.2, 0) is 34.1 Å². The average Bonchev–Trinajstić information content (AvgIpc) is 1.83. The van der Waals surface area contributed by atoms with E-state index in [9.17, 15) is 9.59 Å². The molecule has 0 bridgehead atoms. The van der Waals surface area contributed by atoms with Gasteiger partial charge in [-0.25, -0.2) is 0 Å². The maximum atomic E-state index is 10.7. The molecule has 13 heavy (non-hydrogen) atoms. The molecule has 5 heteroatoms. The molecule has 4 nitrogen and oxygen atoms in total. The molecular weight excluding hydrogens is 268 g/mol. The van der Waals surface area contributed by atoms with Crippen LogP contribution in [0.15, 0.2) is 0 Å². The molecule has 0 aromatic rings. The second kappa shape index (κ2) is 8.16. The molecule has 1 N–H and O–H groups in total. The first-order valence-corrected chi connectivity index (χ1v) is 5.06. The zero-order valence-corrected chi connectivity index (χ0v) is 9.53. The van der Waals surface area contributed by atoms with Gasteiger partial charge in [0.25, 0.3) is 5.97 Å².